The normalized spacial score (nSPS) is 21.0. The number of rotatable bonds is 4. The topological polar surface area (TPSA) is 64.6 Å². The molecule has 0 aliphatic heterocycles. The Morgan fingerprint density at radius 2 is 1.92 bits per heavy atom. The molecule has 0 heterocycles. The summed E-state index contributed by atoms with van der Waals surface area (Å²) in [4.78, 5) is 22.4. The molecule has 1 N–H and O–H groups in total. The molecule has 0 radical (unpaired) electrons. The second kappa shape index (κ2) is 7.64. The van der Waals surface area contributed by atoms with Crippen molar-refractivity contribution >= 4 is 12.4 Å². The third-order valence-corrected chi connectivity index (χ3v) is 3.80. The first-order chi connectivity index (χ1) is 11.3. The number of alkyl carbamates (subject to hydrolysis) is 1. The molecule has 1 fully saturated rings. The van der Waals surface area contributed by atoms with Gasteiger partial charge in [-0.25, -0.2) is 9.18 Å². The summed E-state index contributed by atoms with van der Waals surface area (Å²) in [6, 6.07) is 4.30. The summed E-state index contributed by atoms with van der Waals surface area (Å²) in [7, 11) is 0. The molecule has 1 aromatic carbocycles. The van der Waals surface area contributed by atoms with Gasteiger partial charge in [0.25, 0.3) is 0 Å². The molecular formula is C18H24FNO4. The number of aldehydes is 1. The Hall–Kier alpha value is -2.11. The monoisotopic (exact) mass is 337 g/mol. The van der Waals surface area contributed by atoms with E-state index < -0.39 is 17.5 Å². The van der Waals surface area contributed by atoms with Gasteiger partial charge in [-0.1, -0.05) is 0 Å². The molecule has 5 nitrogen and oxygen atoms in total. The second-order valence-corrected chi connectivity index (χ2v) is 7.04. The summed E-state index contributed by atoms with van der Waals surface area (Å²) in [5.74, 6) is -0.163. The third-order valence-electron chi connectivity index (χ3n) is 3.80. The lowest BCUT2D eigenvalue weighted by Crippen LogP contribution is -2.42. The Morgan fingerprint density at radius 3 is 2.46 bits per heavy atom. The van der Waals surface area contributed by atoms with Gasteiger partial charge < -0.3 is 14.8 Å². The first-order valence-electron chi connectivity index (χ1n) is 8.18. The number of carbonyl (C=O) groups excluding carboxylic acids is 2. The van der Waals surface area contributed by atoms with Gasteiger partial charge in [-0.3, -0.25) is 4.79 Å². The van der Waals surface area contributed by atoms with E-state index in [0.717, 1.165) is 25.7 Å². The van der Waals surface area contributed by atoms with Crippen LogP contribution in [0, 0.1) is 5.82 Å². The number of amides is 1. The predicted octanol–water partition coefficient (Wildman–Crippen LogP) is 3.85. The lowest BCUT2D eigenvalue weighted by molar-refractivity contribution is 0.0470. The smallest absolute Gasteiger partial charge is 0.407 e. The van der Waals surface area contributed by atoms with E-state index in [9.17, 15) is 14.0 Å². The van der Waals surface area contributed by atoms with Crippen LogP contribution >= 0.6 is 0 Å². The van der Waals surface area contributed by atoms with Crippen LogP contribution in [0.15, 0.2) is 18.2 Å². The third kappa shape index (κ3) is 5.51. The molecule has 6 heteroatoms. The van der Waals surface area contributed by atoms with Crippen molar-refractivity contribution < 1.29 is 23.5 Å². The molecule has 132 valence electrons. The quantitative estimate of drug-likeness (QED) is 0.848. The first-order valence-corrected chi connectivity index (χ1v) is 8.18. The second-order valence-electron chi connectivity index (χ2n) is 7.04. The van der Waals surface area contributed by atoms with Crippen LogP contribution in [0.4, 0.5) is 9.18 Å². The number of benzene rings is 1. The maximum absolute atomic E-state index is 13.6. The Balaban J connectivity index is 1.79. The van der Waals surface area contributed by atoms with E-state index in [-0.39, 0.29) is 17.7 Å². The zero-order valence-electron chi connectivity index (χ0n) is 14.3. The van der Waals surface area contributed by atoms with E-state index in [1.54, 1.807) is 6.07 Å². The molecule has 0 bridgehead atoms. The molecule has 1 aliphatic carbocycles. The fourth-order valence-electron chi connectivity index (χ4n) is 2.67. The van der Waals surface area contributed by atoms with Gasteiger partial charge in [0.1, 0.15) is 17.2 Å². The van der Waals surface area contributed by atoms with Crippen molar-refractivity contribution in [3.05, 3.63) is 29.6 Å². The summed E-state index contributed by atoms with van der Waals surface area (Å²) in [6.07, 6.45) is 3.13. The molecule has 0 aromatic heterocycles. The van der Waals surface area contributed by atoms with Crippen LogP contribution < -0.4 is 10.1 Å². The maximum Gasteiger partial charge on any atom is 0.407 e. The highest BCUT2D eigenvalue weighted by molar-refractivity contribution is 5.75. The minimum absolute atomic E-state index is 0.0209. The molecule has 0 saturated heterocycles. The van der Waals surface area contributed by atoms with Gasteiger partial charge in [-0.15, -0.1) is 0 Å². The minimum Gasteiger partial charge on any atom is -0.490 e. The van der Waals surface area contributed by atoms with Gasteiger partial charge in [0.15, 0.2) is 6.29 Å². The van der Waals surface area contributed by atoms with Crippen molar-refractivity contribution in [3.63, 3.8) is 0 Å². The molecular weight excluding hydrogens is 313 g/mol. The fraction of sp³-hybridized carbons (Fsp3) is 0.556. The van der Waals surface area contributed by atoms with E-state index in [0.29, 0.717) is 12.0 Å². The number of nitrogens with one attached hydrogen (secondary N) is 1. The van der Waals surface area contributed by atoms with Crippen LogP contribution in [0.25, 0.3) is 0 Å². The zero-order valence-corrected chi connectivity index (χ0v) is 14.3. The number of halogens is 1. The van der Waals surface area contributed by atoms with Crippen molar-refractivity contribution in [3.8, 4) is 5.75 Å². The SMILES string of the molecule is CC(C)(C)OC(=O)NC1CCC(Oc2ccc(C=O)c(F)c2)CC1. The summed E-state index contributed by atoms with van der Waals surface area (Å²) in [5, 5.41) is 2.87. The van der Waals surface area contributed by atoms with Gasteiger partial charge in [0.2, 0.25) is 0 Å². The van der Waals surface area contributed by atoms with Gasteiger partial charge in [-0.05, 0) is 58.6 Å². The minimum atomic E-state index is -0.581. The Bertz CT molecular complexity index is 589. The van der Waals surface area contributed by atoms with Crippen LogP contribution in [0.5, 0.6) is 5.75 Å². The molecule has 0 atom stereocenters. The average molecular weight is 337 g/mol. The van der Waals surface area contributed by atoms with Gasteiger partial charge in [-0.2, -0.15) is 0 Å². The van der Waals surface area contributed by atoms with E-state index in [2.05, 4.69) is 5.32 Å². The van der Waals surface area contributed by atoms with Gasteiger partial charge >= 0.3 is 6.09 Å². The van der Waals surface area contributed by atoms with Gasteiger partial charge in [0, 0.05) is 12.1 Å². The maximum atomic E-state index is 13.6. The molecule has 24 heavy (non-hydrogen) atoms. The van der Waals surface area contributed by atoms with Crippen molar-refractivity contribution in [2.24, 2.45) is 0 Å². The van der Waals surface area contributed by atoms with Crippen molar-refractivity contribution in [1.29, 1.82) is 0 Å². The number of ether oxygens (including phenoxy) is 2. The molecule has 1 aromatic rings. The van der Waals surface area contributed by atoms with Crippen molar-refractivity contribution in [2.45, 2.75) is 64.2 Å². The Labute approximate surface area is 141 Å². The predicted molar refractivity (Wildman–Crippen MR) is 87.8 cm³/mol. The highest BCUT2D eigenvalue weighted by Gasteiger charge is 2.25. The standard InChI is InChI=1S/C18H24FNO4/c1-18(2,3)24-17(22)20-13-5-8-14(9-6-13)23-15-7-4-12(11-21)16(19)10-15/h4,7,10-11,13-14H,5-6,8-9H2,1-3H3,(H,20,22). The van der Waals surface area contributed by atoms with Crippen molar-refractivity contribution in [2.75, 3.05) is 0 Å². The van der Waals surface area contributed by atoms with Crippen LogP contribution in [-0.4, -0.2) is 30.1 Å². The van der Waals surface area contributed by atoms with Crippen LogP contribution in [0.3, 0.4) is 0 Å². The number of carbonyl (C=O) groups is 2. The van der Waals surface area contributed by atoms with Crippen LogP contribution in [-0.2, 0) is 4.74 Å². The molecule has 1 aliphatic rings. The highest BCUT2D eigenvalue weighted by atomic mass is 19.1. The molecule has 2 rings (SSSR count). The summed E-state index contributed by atoms with van der Waals surface area (Å²) in [6.45, 7) is 5.48. The zero-order chi connectivity index (χ0) is 17.7. The largest absolute Gasteiger partial charge is 0.490 e. The Morgan fingerprint density at radius 1 is 1.25 bits per heavy atom. The molecule has 1 amide bonds. The number of hydrogen-bond donors (Lipinski definition) is 1. The highest BCUT2D eigenvalue weighted by Crippen LogP contribution is 2.25. The average Bonchev–Trinajstić information content (AvgIpc) is 2.47. The number of hydrogen-bond acceptors (Lipinski definition) is 4. The molecule has 1 saturated carbocycles. The van der Waals surface area contributed by atoms with Crippen LogP contribution in [0.1, 0.15) is 56.8 Å². The summed E-state index contributed by atoms with van der Waals surface area (Å²) >= 11 is 0. The van der Waals surface area contributed by atoms with Gasteiger partial charge in [0.05, 0.1) is 11.7 Å². The Kier molecular flexibility index (Phi) is 5.80. The first kappa shape index (κ1) is 18.2. The van der Waals surface area contributed by atoms with Crippen LogP contribution in [0.2, 0.25) is 0 Å². The van der Waals surface area contributed by atoms with E-state index in [1.807, 2.05) is 20.8 Å². The summed E-state index contributed by atoms with van der Waals surface area (Å²) < 4.78 is 24.6. The molecule has 0 unspecified atom stereocenters. The fourth-order valence-corrected chi connectivity index (χ4v) is 2.67. The molecule has 0 spiro atoms. The lowest BCUT2D eigenvalue weighted by atomic mass is 9.93. The van der Waals surface area contributed by atoms with Crippen molar-refractivity contribution in [1.82, 2.24) is 5.32 Å². The van der Waals surface area contributed by atoms with E-state index in [1.165, 1.54) is 12.1 Å². The lowest BCUT2D eigenvalue weighted by Gasteiger charge is -2.30. The summed E-state index contributed by atoms with van der Waals surface area (Å²) in [5.41, 5.74) is -0.491. The van der Waals surface area contributed by atoms with E-state index >= 15 is 0 Å². The van der Waals surface area contributed by atoms with E-state index in [4.69, 9.17) is 9.47 Å².